The maximum atomic E-state index is 13.6. The van der Waals surface area contributed by atoms with E-state index in [4.69, 9.17) is 4.74 Å². The van der Waals surface area contributed by atoms with Gasteiger partial charge in [0.05, 0.1) is 6.54 Å². The molecule has 4 heteroatoms. The van der Waals surface area contributed by atoms with Crippen molar-refractivity contribution in [2.75, 3.05) is 6.54 Å². The number of nitrogens with one attached hydrogen (secondary N) is 1. The largest absolute Gasteiger partial charge is 0.444 e. The highest BCUT2D eigenvalue weighted by Gasteiger charge is 2.17. The van der Waals surface area contributed by atoms with Crippen LogP contribution in [-0.4, -0.2) is 24.4 Å². The van der Waals surface area contributed by atoms with Crippen LogP contribution < -0.4 is 5.32 Å². The monoisotopic (exact) mass is 253 g/mol. The zero-order valence-corrected chi connectivity index (χ0v) is 11.1. The highest BCUT2D eigenvalue weighted by Crippen LogP contribution is 2.08. The molecule has 0 saturated heterocycles. The fraction of sp³-hybridized carbons (Fsp3) is 0.500. The molecular weight excluding hydrogens is 233 g/mol. The van der Waals surface area contributed by atoms with Crippen LogP contribution in [0, 0.1) is 0 Å². The lowest BCUT2D eigenvalue weighted by molar-refractivity contribution is 0.0513. The Morgan fingerprint density at radius 2 is 1.94 bits per heavy atom. The van der Waals surface area contributed by atoms with Crippen molar-refractivity contribution >= 4 is 6.09 Å². The number of rotatable bonds is 4. The average Bonchev–Trinajstić information content (AvgIpc) is 2.25. The molecule has 18 heavy (non-hydrogen) atoms. The fourth-order valence-electron chi connectivity index (χ4n) is 1.45. The number of hydrogen-bond acceptors (Lipinski definition) is 2. The second-order valence-corrected chi connectivity index (χ2v) is 5.17. The number of carbonyl (C=O) groups excluding carboxylic acids is 1. The summed E-state index contributed by atoms with van der Waals surface area (Å²) in [6.45, 7) is 5.26. The number of alkyl halides is 1. The van der Waals surface area contributed by atoms with E-state index >= 15 is 0 Å². The van der Waals surface area contributed by atoms with Gasteiger partial charge in [-0.05, 0) is 26.3 Å². The first-order valence-electron chi connectivity index (χ1n) is 6.01. The maximum Gasteiger partial charge on any atom is 0.407 e. The van der Waals surface area contributed by atoms with Crippen LogP contribution in [-0.2, 0) is 11.2 Å². The lowest BCUT2D eigenvalue weighted by Gasteiger charge is -2.20. The summed E-state index contributed by atoms with van der Waals surface area (Å²) < 4.78 is 18.6. The molecule has 1 atom stereocenters. The molecule has 0 aliphatic heterocycles. The first-order chi connectivity index (χ1) is 8.37. The molecule has 1 rings (SSSR count). The minimum Gasteiger partial charge on any atom is -0.444 e. The van der Waals surface area contributed by atoms with Gasteiger partial charge in [0, 0.05) is 6.42 Å². The zero-order chi connectivity index (χ0) is 13.6. The minimum absolute atomic E-state index is 0.0379. The molecule has 1 amide bonds. The molecular formula is C14H20FNO2. The van der Waals surface area contributed by atoms with E-state index in [1.165, 1.54) is 0 Å². The van der Waals surface area contributed by atoms with Gasteiger partial charge in [-0.2, -0.15) is 0 Å². The maximum absolute atomic E-state index is 13.6. The molecule has 0 aromatic heterocycles. The van der Waals surface area contributed by atoms with Crippen LogP contribution in [0.1, 0.15) is 26.3 Å². The van der Waals surface area contributed by atoms with E-state index < -0.39 is 17.9 Å². The summed E-state index contributed by atoms with van der Waals surface area (Å²) in [5.74, 6) is 0. The SMILES string of the molecule is CC(C)(C)OC(=O)NCC(F)Cc1ccccc1. The highest BCUT2D eigenvalue weighted by molar-refractivity contribution is 5.67. The topological polar surface area (TPSA) is 38.3 Å². The van der Waals surface area contributed by atoms with E-state index in [1.807, 2.05) is 30.3 Å². The number of halogens is 1. The van der Waals surface area contributed by atoms with Crippen molar-refractivity contribution in [2.45, 2.75) is 39.0 Å². The van der Waals surface area contributed by atoms with E-state index in [1.54, 1.807) is 20.8 Å². The molecule has 3 nitrogen and oxygen atoms in total. The van der Waals surface area contributed by atoms with Crippen molar-refractivity contribution in [1.29, 1.82) is 0 Å². The highest BCUT2D eigenvalue weighted by atomic mass is 19.1. The molecule has 0 aliphatic rings. The smallest absolute Gasteiger partial charge is 0.407 e. The van der Waals surface area contributed by atoms with Crippen molar-refractivity contribution in [3.63, 3.8) is 0 Å². The van der Waals surface area contributed by atoms with Crippen LogP contribution in [0.25, 0.3) is 0 Å². The Morgan fingerprint density at radius 1 is 1.33 bits per heavy atom. The Kier molecular flexibility index (Phi) is 5.13. The third-order valence-corrected chi connectivity index (χ3v) is 2.17. The van der Waals surface area contributed by atoms with Gasteiger partial charge in [-0.15, -0.1) is 0 Å². The number of carbonyl (C=O) groups is 1. The number of alkyl carbamates (subject to hydrolysis) is 1. The van der Waals surface area contributed by atoms with Crippen LogP contribution in [0.3, 0.4) is 0 Å². The Labute approximate surface area is 107 Å². The van der Waals surface area contributed by atoms with Gasteiger partial charge in [-0.1, -0.05) is 30.3 Å². The Morgan fingerprint density at radius 3 is 2.50 bits per heavy atom. The molecule has 0 saturated carbocycles. The van der Waals surface area contributed by atoms with Crippen molar-refractivity contribution in [3.05, 3.63) is 35.9 Å². The third kappa shape index (κ3) is 6.23. The predicted molar refractivity (Wildman–Crippen MR) is 69.3 cm³/mol. The van der Waals surface area contributed by atoms with Gasteiger partial charge in [0.15, 0.2) is 0 Å². The summed E-state index contributed by atoms with van der Waals surface area (Å²) in [7, 11) is 0. The standard InChI is InChI=1S/C14H20FNO2/c1-14(2,3)18-13(17)16-10-12(15)9-11-7-5-4-6-8-11/h4-8,12H,9-10H2,1-3H3,(H,16,17). The van der Waals surface area contributed by atoms with E-state index in [2.05, 4.69) is 5.32 Å². The summed E-state index contributed by atoms with van der Waals surface area (Å²) >= 11 is 0. The van der Waals surface area contributed by atoms with Crippen LogP contribution in [0.15, 0.2) is 30.3 Å². The van der Waals surface area contributed by atoms with E-state index in [0.29, 0.717) is 0 Å². The Balaban J connectivity index is 2.29. The molecule has 100 valence electrons. The summed E-state index contributed by atoms with van der Waals surface area (Å²) in [6, 6.07) is 9.34. The normalized spacial score (nSPS) is 12.9. The number of amides is 1. The number of hydrogen-bond donors (Lipinski definition) is 1. The number of benzene rings is 1. The van der Waals surface area contributed by atoms with Crippen LogP contribution in [0.4, 0.5) is 9.18 Å². The van der Waals surface area contributed by atoms with Crippen LogP contribution >= 0.6 is 0 Å². The number of ether oxygens (including phenoxy) is 1. The van der Waals surface area contributed by atoms with Gasteiger partial charge < -0.3 is 10.1 Å². The summed E-state index contributed by atoms with van der Waals surface area (Å²) in [5, 5.41) is 2.42. The quantitative estimate of drug-likeness (QED) is 0.895. The summed E-state index contributed by atoms with van der Waals surface area (Å²) in [4.78, 5) is 11.3. The minimum atomic E-state index is -1.11. The Bertz CT molecular complexity index is 373. The summed E-state index contributed by atoms with van der Waals surface area (Å²) in [6.07, 6.45) is -1.41. The zero-order valence-electron chi connectivity index (χ0n) is 11.1. The molecule has 0 spiro atoms. The van der Waals surface area contributed by atoms with Gasteiger partial charge >= 0.3 is 6.09 Å². The predicted octanol–water partition coefficient (Wildman–Crippen LogP) is 3.09. The second-order valence-electron chi connectivity index (χ2n) is 5.17. The fourth-order valence-corrected chi connectivity index (χ4v) is 1.45. The van der Waals surface area contributed by atoms with E-state index in [9.17, 15) is 9.18 Å². The lowest BCUT2D eigenvalue weighted by Crippen LogP contribution is -2.36. The van der Waals surface area contributed by atoms with Crippen LogP contribution in [0.2, 0.25) is 0 Å². The first-order valence-corrected chi connectivity index (χ1v) is 6.01. The Hall–Kier alpha value is -1.58. The molecule has 1 unspecified atom stereocenters. The van der Waals surface area contributed by atoms with Gasteiger partial charge in [-0.3, -0.25) is 0 Å². The van der Waals surface area contributed by atoms with Crippen molar-refractivity contribution in [3.8, 4) is 0 Å². The molecule has 1 aromatic rings. The van der Waals surface area contributed by atoms with Gasteiger partial charge in [0.2, 0.25) is 0 Å². The van der Waals surface area contributed by atoms with Crippen molar-refractivity contribution in [2.24, 2.45) is 0 Å². The summed E-state index contributed by atoms with van der Waals surface area (Å²) in [5.41, 5.74) is 0.353. The van der Waals surface area contributed by atoms with Crippen LogP contribution in [0.5, 0.6) is 0 Å². The molecule has 1 aromatic carbocycles. The van der Waals surface area contributed by atoms with E-state index in [0.717, 1.165) is 5.56 Å². The second kappa shape index (κ2) is 6.38. The molecule has 0 heterocycles. The molecule has 1 N–H and O–H groups in total. The molecule has 0 aliphatic carbocycles. The van der Waals surface area contributed by atoms with Gasteiger partial charge in [0.1, 0.15) is 11.8 Å². The molecule has 0 bridgehead atoms. The third-order valence-electron chi connectivity index (χ3n) is 2.17. The molecule has 0 fully saturated rings. The van der Waals surface area contributed by atoms with Crippen molar-refractivity contribution in [1.82, 2.24) is 5.32 Å². The van der Waals surface area contributed by atoms with E-state index in [-0.39, 0.29) is 13.0 Å². The van der Waals surface area contributed by atoms with Gasteiger partial charge in [-0.25, -0.2) is 9.18 Å². The first kappa shape index (κ1) is 14.5. The molecule has 0 radical (unpaired) electrons. The van der Waals surface area contributed by atoms with Crippen molar-refractivity contribution < 1.29 is 13.9 Å². The average molecular weight is 253 g/mol. The lowest BCUT2D eigenvalue weighted by atomic mass is 10.1. The van der Waals surface area contributed by atoms with Gasteiger partial charge in [0.25, 0.3) is 0 Å².